The van der Waals surface area contributed by atoms with Crippen molar-refractivity contribution in [2.24, 2.45) is 0 Å². The van der Waals surface area contributed by atoms with Gasteiger partial charge in [-0.05, 0) is 0 Å². The molecule has 0 fully saturated rings. The lowest BCUT2D eigenvalue weighted by molar-refractivity contribution is -0.267. The number of aromatic nitrogens is 2. The molecule has 1 rings (SSSR count). The maximum atomic E-state index is 12.5. The van der Waals surface area contributed by atoms with Gasteiger partial charge in [-0.2, -0.15) is 22.0 Å². The van der Waals surface area contributed by atoms with Crippen LogP contribution >= 0.6 is 11.6 Å². The fraction of sp³-hybridized carbons (Fsp3) is 0.286. The van der Waals surface area contributed by atoms with E-state index in [1.54, 1.807) is 0 Å². The van der Waals surface area contributed by atoms with Crippen LogP contribution in [0.1, 0.15) is 0 Å². The van der Waals surface area contributed by atoms with Crippen molar-refractivity contribution in [2.45, 2.75) is 12.1 Å². The van der Waals surface area contributed by atoms with E-state index in [1.807, 2.05) is 0 Å². The topological polar surface area (TPSA) is 54.9 Å². The van der Waals surface area contributed by atoms with Crippen LogP contribution in [-0.4, -0.2) is 28.0 Å². The lowest BCUT2D eigenvalue weighted by atomic mass is 10.3. The van der Waals surface area contributed by atoms with Gasteiger partial charge in [-0.1, -0.05) is 11.6 Å². The predicted octanol–water partition coefficient (Wildman–Crippen LogP) is 2.27. The monoisotopic (exact) mass is 275 g/mol. The van der Waals surface area contributed by atoms with Gasteiger partial charge in [0.2, 0.25) is 0 Å². The molecule has 4 nitrogen and oxygen atoms in total. The maximum Gasteiger partial charge on any atom is 0.463 e. The molecule has 0 saturated heterocycles. The Balaban J connectivity index is 2.87. The first-order valence-electron chi connectivity index (χ1n) is 3.88. The first-order chi connectivity index (χ1) is 7.64. The van der Waals surface area contributed by atoms with Crippen molar-refractivity contribution in [1.29, 1.82) is 0 Å². The van der Waals surface area contributed by atoms with Gasteiger partial charge in [0.15, 0.2) is 5.82 Å². The minimum atomic E-state index is -5.98. The van der Waals surface area contributed by atoms with E-state index >= 15 is 0 Å². The summed E-state index contributed by atoms with van der Waals surface area (Å²) in [6, 6.07) is 0. The first-order valence-corrected chi connectivity index (χ1v) is 4.26. The van der Waals surface area contributed by atoms with E-state index in [4.69, 9.17) is 11.6 Å². The van der Waals surface area contributed by atoms with E-state index in [1.165, 1.54) is 5.32 Å². The third kappa shape index (κ3) is 2.99. The first kappa shape index (κ1) is 13.6. The molecule has 1 amide bonds. The molecule has 0 radical (unpaired) electrons. The minimum absolute atomic E-state index is 0.266. The Hall–Kier alpha value is -1.51. The van der Waals surface area contributed by atoms with E-state index in [0.717, 1.165) is 12.4 Å². The number of hydrogen-bond acceptors (Lipinski definition) is 3. The Morgan fingerprint density at radius 2 is 1.82 bits per heavy atom. The molecule has 0 atom stereocenters. The molecule has 0 spiro atoms. The largest absolute Gasteiger partial charge is 0.463 e. The van der Waals surface area contributed by atoms with Gasteiger partial charge < -0.3 is 5.32 Å². The molecular formula is C7H3ClF5N3O. The molecule has 0 bridgehead atoms. The fourth-order valence-electron chi connectivity index (χ4n) is 0.726. The Bertz CT molecular complexity index is 436. The average molecular weight is 276 g/mol. The number of nitrogens with one attached hydrogen (secondary N) is 1. The van der Waals surface area contributed by atoms with Crippen molar-refractivity contribution in [3.8, 4) is 0 Å². The SMILES string of the molecule is O=C(Nc1cncc(Cl)n1)C(F)(F)C(F)(F)F. The molecule has 0 aliphatic rings. The van der Waals surface area contributed by atoms with Gasteiger partial charge in [0.1, 0.15) is 5.15 Å². The van der Waals surface area contributed by atoms with Gasteiger partial charge in [-0.15, -0.1) is 0 Å². The van der Waals surface area contributed by atoms with Gasteiger partial charge >= 0.3 is 18.0 Å². The van der Waals surface area contributed by atoms with E-state index < -0.39 is 23.8 Å². The molecule has 0 aliphatic heterocycles. The highest BCUT2D eigenvalue weighted by molar-refractivity contribution is 6.29. The summed E-state index contributed by atoms with van der Waals surface area (Å²) in [5, 5.41) is 0.997. The van der Waals surface area contributed by atoms with Gasteiger partial charge in [-0.25, -0.2) is 4.98 Å². The summed E-state index contributed by atoms with van der Waals surface area (Å²) >= 11 is 5.30. The number of nitrogens with zero attached hydrogens (tertiary/aromatic N) is 2. The molecule has 0 aliphatic carbocycles. The van der Waals surface area contributed by atoms with Crippen LogP contribution in [0.3, 0.4) is 0 Å². The second-order valence-corrected chi connectivity index (χ2v) is 3.14. The fourth-order valence-corrected chi connectivity index (χ4v) is 0.873. The van der Waals surface area contributed by atoms with Gasteiger partial charge in [-0.3, -0.25) is 9.78 Å². The quantitative estimate of drug-likeness (QED) is 0.842. The van der Waals surface area contributed by atoms with Crippen LogP contribution in [0.4, 0.5) is 27.8 Å². The van der Waals surface area contributed by atoms with Crippen LogP contribution in [0, 0.1) is 0 Å². The molecule has 1 aromatic rings. The van der Waals surface area contributed by atoms with Crippen molar-refractivity contribution in [2.75, 3.05) is 5.32 Å². The van der Waals surface area contributed by atoms with Crippen LogP contribution in [0.5, 0.6) is 0 Å². The van der Waals surface area contributed by atoms with Gasteiger partial charge in [0, 0.05) is 0 Å². The second-order valence-electron chi connectivity index (χ2n) is 2.75. The number of carbonyl (C=O) groups is 1. The molecule has 0 aromatic carbocycles. The zero-order valence-electron chi connectivity index (χ0n) is 7.73. The Kier molecular flexibility index (Phi) is 3.51. The molecule has 0 unspecified atom stereocenters. The number of halogens is 6. The number of alkyl halides is 5. The molecule has 1 heterocycles. The van der Waals surface area contributed by atoms with Crippen molar-refractivity contribution < 1.29 is 26.7 Å². The highest BCUT2D eigenvalue weighted by atomic mass is 35.5. The average Bonchev–Trinajstić information content (AvgIpc) is 2.15. The van der Waals surface area contributed by atoms with Crippen LogP contribution in [0.2, 0.25) is 5.15 Å². The third-order valence-electron chi connectivity index (χ3n) is 1.49. The molecule has 17 heavy (non-hydrogen) atoms. The predicted molar refractivity (Wildman–Crippen MR) is 46.7 cm³/mol. The third-order valence-corrected chi connectivity index (χ3v) is 1.67. The van der Waals surface area contributed by atoms with Crippen LogP contribution < -0.4 is 5.32 Å². The van der Waals surface area contributed by atoms with Crippen molar-refractivity contribution >= 4 is 23.3 Å². The zero-order chi connectivity index (χ0) is 13.3. The van der Waals surface area contributed by atoms with Gasteiger partial charge in [0.25, 0.3) is 0 Å². The number of hydrogen-bond donors (Lipinski definition) is 1. The number of rotatable bonds is 2. The smallest absolute Gasteiger partial charge is 0.304 e. The van der Waals surface area contributed by atoms with E-state index in [2.05, 4.69) is 9.97 Å². The van der Waals surface area contributed by atoms with Crippen molar-refractivity contribution in [1.82, 2.24) is 9.97 Å². The number of carbonyl (C=O) groups excluding carboxylic acids is 1. The standard InChI is InChI=1S/C7H3ClF5N3O/c8-3-1-14-2-4(15-3)16-5(17)6(9,10)7(11,12)13/h1-2H,(H,15,16,17). The minimum Gasteiger partial charge on any atom is -0.304 e. The van der Waals surface area contributed by atoms with Crippen LogP contribution in [0.25, 0.3) is 0 Å². The molecule has 94 valence electrons. The summed E-state index contributed by atoms with van der Waals surface area (Å²) in [7, 11) is 0. The Morgan fingerprint density at radius 3 is 2.29 bits per heavy atom. The van der Waals surface area contributed by atoms with Crippen LogP contribution in [0.15, 0.2) is 12.4 Å². The summed E-state index contributed by atoms with van der Waals surface area (Å²) in [5.74, 6) is -8.68. The molecule has 1 N–H and O–H groups in total. The molecule has 0 saturated carbocycles. The van der Waals surface area contributed by atoms with Gasteiger partial charge in [0.05, 0.1) is 12.4 Å². The highest BCUT2D eigenvalue weighted by Crippen LogP contribution is 2.36. The lowest BCUT2D eigenvalue weighted by Crippen LogP contribution is -2.47. The van der Waals surface area contributed by atoms with Crippen molar-refractivity contribution in [3.05, 3.63) is 17.5 Å². The molecule has 1 aromatic heterocycles. The lowest BCUT2D eigenvalue weighted by Gasteiger charge is -2.18. The second kappa shape index (κ2) is 4.40. The Morgan fingerprint density at radius 1 is 1.24 bits per heavy atom. The van der Waals surface area contributed by atoms with Crippen LogP contribution in [-0.2, 0) is 4.79 Å². The van der Waals surface area contributed by atoms with E-state index in [-0.39, 0.29) is 5.15 Å². The summed E-state index contributed by atoms with van der Waals surface area (Å²) in [6.45, 7) is 0. The number of anilines is 1. The summed E-state index contributed by atoms with van der Waals surface area (Å²) < 4.78 is 60.4. The normalized spacial score (nSPS) is 12.4. The maximum absolute atomic E-state index is 12.5. The highest BCUT2D eigenvalue weighted by Gasteiger charge is 2.63. The van der Waals surface area contributed by atoms with E-state index in [0.29, 0.717) is 0 Å². The summed E-state index contributed by atoms with van der Waals surface area (Å²) in [5.41, 5.74) is 0. The number of amides is 1. The summed E-state index contributed by atoms with van der Waals surface area (Å²) in [4.78, 5) is 17.3. The summed E-state index contributed by atoms with van der Waals surface area (Å²) in [6.07, 6.45) is -4.20. The molecule has 10 heteroatoms. The van der Waals surface area contributed by atoms with Crippen molar-refractivity contribution in [3.63, 3.8) is 0 Å². The zero-order valence-corrected chi connectivity index (χ0v) is 8.48. The van der Waals surface area contributed by atoms with E-state index in [9.17, 15) is 26.7 Å². The molecular weight excluding hydrogens is 273 g/mol. The Labute approximate surface area is 95.8 Å².